The van der Waals surface area contributed by atoms with Gasteiger partial charge in [-0.25, -0.2) is 14.8 Å². The second-order valence-corrected chi connectivity index (χ2v) is 5.21. The van der Waals surface area contributed by atoms with Crippen molar-refractivity contribution in [2.75, 3.05) is 0 Å². The van der Waals surface area contributed by atoms with Crippen LogP contribution in [-0.4, -0.2) is 21.0 Å². The van der Waals surface area contributed by atoms with Crippen LogP contribution in [0.25, 0.3) is 0 Å². The minimum Gasteiger partial charge on any atom is -0.477 e. The van der Waals surface area contributed by atoms with Gasteiger partial charge in [0.2, 0.25) is 0 Å². The molecule has 0 aromatic carbocycles. The van der Waals surface area contributed by atoms with Crippen LogP contribution in [0.15, 0.2) is 46.2 Å². The molecule has 92 valence electrons. The normalized spacial score (nSPS) is 10.3. The molecule has 0 atom stereocenters. The highest BCUT2D eigenvalue weighted by atomic mass is 79.9. The van der Waals surface area contributed by atoms with Gasteiger partial charge in [-0.2, -0.15) is 0 Å². The summed E-state index contributed by atoms with van der Waals surface area (Å²) in [5.41, 5.74) is 0.782. The summed E-state index contributed by atoms with van der Waals surface area (Å²) in [7, 11) is 0. The molecule has 0 fully saturated rings. The van der Waals surface area contributed by atoms with Gasteiger partial charge < -0.3 is 5.11 Å². The number of pyridine rings is 2. The third kappa shape index (κ3) is 3.08. The number of hydrogen-bond donors (Lipinski definition) is 1. The first-order valence-corrected chi connectivity index (χ1v) is 6.87. The molecule has 0 saturated heterocycles. The molecule has 0 amide bonds. The quantitative estimate of drug-likeness (QED) is 0.875. The molecule has 0 aliphatic rings. The average Bonchev–Trinajstić information content (AvgIpc) is 2.38. The molecular weight excluding hydrogens is 316 g/mol. The number of carboxylic acid groups (broad SMARTS) is 1. The van der Waals surface area contributed by atoms with E-state index in [9.17, 15) is 4.79 Å². The number of rotatable bonds is 4. The fourth-order valence-electron chi connectivity index (χ4n) is 1.37. The van der Waals surface area contributed by atoms with Crippen LogP contribution < -0.4 is 0 Å². The highest BCUT2D eigenvalue weighted by Gasteiger charge is 2.11. The summed E-state index contributed by atoms with van der Waals surface area (Å²) >= 11 is 4.87. The minimum atomic E-state index is -1.01. The zero-order valence-corrected chi connectivity index (χ0v) is 11.6. The lowest BCUT2D eigenvalue weighted by molar-refractivity contribution is 0.0689. The molecule has 1 N–H and O–H groups in total. The predicted molar refractivity (Wildman–Crippen MR) is 72.7 cm³/mol. The second-order valence-electron chi connectivity index (χ2n) is 3.40. The van der Waals surface area contributed by atoms with E-state index in [4.69, 9.17) is 5.11 Å². The van der Waals surface area contributed by atoms with Gasteiger partial charge in [0, 0.05) is 22.6 Å². The monoisotopic (exact) mass is 324 g/mol. The van der Waals surface area contributed by atoms with Crippen molar-refractivity contribution in [3.8, 4) is 0 Å². The van der Waals surface area contributed by atoms with Gasteiger partial charge in [0.15, 0.2) is 5.69 Å². The van der Waals surface area contributed by atoms with Crippen molar-refractivity contribution >= 4 is 33.7 Å². The van der Waals surface area contributed by atoms with E-state index in [1.165, 1.54) is 18.0 Å². The van der Waals surface area contributed by atoms with Crippen molar-refractivity contribution in [1.82, 2.24) is 9.97 Å². The van der Waals surface area contributed by atoms with E-state index in [1.807, 2.05) is 12.1 Å². The van der Waals surface area contributed by atoms with Gasteiger partial charge in [-0.1, -0.05) is 6.07 Å². The van der Waals surface area contributed by atoms with Crippen LogP contribution in [0.5, 0.6) is 0 Å². The maximum Gasteiger partial charge on any atom is 0.354 e. The number of carbonyl (C=O) groups is 1. The molecule has 2 aromatic rings. The number of aromatic carboxylic acids is 1. The highest BCUT2D eigenvalue weighted by Crippen LogP contribution is 2.28. The SMILES string of the molecule is O=C(O)c1ncccc1CSc1ncccc1Br. The highest BCUT2D eigenvalue weighted by molar-refractivity contribution is 9.10. The predicted octanol–water partition coefficient (Wildman–Crippen LogP) is 3.23. The molecule has 2 rings (SSSR count). The number of nitrogens with zero attached hydrogens (tertiary/aromatic N) is 2. The Morgan fingerprint density at radius 3 is 2.72 bits per heavy atom. The van der Waals surface area contributed by atoms with Crippen molar-refractivity contribution in [1.29, 1.82) is 0 Å². The number of halogens is 1. The smallest absolute Gasteiger partial charge is 0.354 e. The molecule has 0 bridgehead atoms. The van der Waals surface area contributed by atoms with Crippen molar-refractivity contribution < 1.29 is 9.90 Å². The summed E-state index contributed by atoms with van der Waals surface area (Å²) < 4.78 is 0.899. The first-order chi connectivity index (χ1) is 8.68. The summed E-state index contributed by atoms with van der Waals surface area (Å²) in [6.07, 6.45) is 3.18. The summed E-state index contributed by atoms with van der Waals surface area (Å²) in [5.74, 6) is -0.489. The standard InChI is InChI=1S/C12H9BrN2O2S/c13-9-4-2-6-15-11(9)18-7-8-3-1-5-14-10(8)12(16)17/h1-6H,7H2,(H,16,17). The Bertz CT molecular complexity index is 578. The summed E-state index contributed by atoms with van der Waals surface area (Å²) in [4.78, 5) is 19.1. The maximum atomic E-state index is 11.0. The molecule has 0 radical (unpaired) electrons. The Morgan fingerprint density at radius 1 is 1.28 bits per heavy atom. The Morgan fingerprint density at radius 2 is 2.00 bits per heavy atom. The molecule has 4 nitrogen and oxygen atoms in total. The third-order valence-corrected chi connectivity index (χ3v) is 4.14. The van der Waals surface area contributed by atoms with E-state index in [1.54, 1.807) is 18.3 Å². The largest absolute Gasteiger partial charge is 0.477 e. The molecular formula is C12H9BrN2O2S. The van der Waals surface area contributed by atoms with Crippen molar-refractivity contribution in [3.05, 3.63) is 52.4 Å². The van der Waals surface area contributed by atoms with Gasteiger partial charge in [0.05, 0.1) is 0 Å². The zero-order chi connectivity index (χ0) is 13.0. The van der Waals surface area contributed by atoms with Crippen molar-refractivity contribution in [3.63, 3.8) is 0 Å². The molecule has 18 heavy (non-hydrogen) atoms. The van der Waals surface area contributed by atoms with Crippen LogP contribution in [0.2, 0.25) is 0 Å². The fraction of sp³-hybridized carbons (Fsp3) is 0.0833. The van der Waals surface area contributed by atoms with Crippen LogP contribution in [-0.2, 0) is 5.75 Å². The number of thioether (sulfide) groups is 1. The molecule has 2 heterocycles. The molecule has 0 saturated carbocycles. The first-order valence-electron chi connectivity index (χ1n) is 5.09. The lowest BCUT2D eigenvalue weighted by atomic mass is 10.2. The third-order valence-electron chi connectivity index (χ3n) is 2.18. The number of aromatic nitrogens is 2. The van der Waals surface area contributed by atoms with E-state index in [0.29, 0.717) is 11.3 Å². The lowest BCUT2D eigenvalue weighted by Crippen LogP contribution is -2.04. The number of carboxylic acids is 1. The maximum absolute atomic E-state index is 11.0. The van der Waals surface area contributed by atoms with Crippen molar-refractivity contribution in [2.24, 2.45) is 0 Å². The van der Waals surface area contributed by atoms with Crippen LogP contribution in [0.3, 0.4) is 0 Å². The topological polar surface area (TPSA) is 63.1 Å². The van der Waals surface area contributed by atoms with Gasteiger partial charge in [-0.15, -0.1) is 11.8 Å². The van der Waals surface area contributed by atoms with Gasteiger partial charge in [-0.3, -0.25) is 0 Å². The summed E-state index contributed by atoms with van der Waals surface area (Å²) in [6, 6.07) is 7.23. The van der Waals surface area contributed by atoms with Crippen LogP contribution in [0.4, 0.5) is 0 Å². The van der Waals surface area contributed by atoms with Gasteiger partial charge in [-0.05, 0) is 39.7 Å². The van der Waals surface area contributed by atoms with E-state index in [0.717, 1.165) is 9.50 Å². The van der Waals surface area contributed by atoms with E-state index >= 15 is 0 Å². The Labute approximate surface area is 117 Å². The van der Waals surface area contributed by atoms with Crippen molar-refractivity contribution in [2.45, 2.75) is 10.8 Å². The molecule has 2 aromatic heterocycles. The fourth-order valence-corrected chi connectivity index (χ4v) is 2.84. The average molecular weight is 325 g/mol. The Balaban J connectivity index is 2.16. The minimum absolute atomic E-state index is 0.0945. The second kappa shape index (κ2) is 5.97. The van der Waals surface area contributed by atoms with Crippen LogP contribution in [0.1, 0.15) is 16.1 Å². The number of hydrogen-bond acceptors (Lipinski definition) is 4. The van der Waals surface area contributed by atoms with E-state index < -0.39 is 5.97 Å². The molecule has 0 spiro atoms. The Kier molecular flexibility index (Phi) is 4.33. The molecule has 0 unspecified atom stereocenters. The van der Waals surface area contributed by atoms with E-state index in [-0.39, 0.29) is 5.69 Å². The van der Waals surface area contributed by atoms with Crippen LogP contribution >= 0.6 is 27.7 Å². The molecule has 0 aliphatic heterocycles. The van der Waals surface area contributed by atoms with Gasteiger partial charge in [0.1, 0.15) is 5.03 Å². The van der Waals surface area contributed by atoms with Crippen LogP contribution in [0, 0.1) is 0 Å². The summed E-state index contributed by atoms with van der Waals surface area (Å²) in [5, 5.41) is 9.85. The molecule has 6 heteroatoms. The zero-order valence-electron chi connectivity index (χ0n) is 9.21. The Hall–Kier alpha value is -1.40. The van der Waals surface area contributed by atoms with Gasteiger partial charge >= 0.3 is 5.97 Å². The molecule has 0 aliphatic carbocycles. The van der Waals surface area contributed by atoms with E-state index in [2.05, 4.69) is 25.9 Å². The first kappa shape index (κ1) is 13.0. The lowest BCUT2D eigenvalue weighted by Gasteiger charge is -2.05. The summed E-state index contributed by atoms with van der Waals surface area (Å²) in [6.45, 7) is 0. The van der Waals surface area contributed by atoms with Gasteiger partial charge in [0.25, 0.3) is 0 Å².